The Morgan fingerprint density at radius 2 is 2.60 bits per heavy atom. The van der Waals surface area contributed by atoms with Crippen molar-refractivity contribution in [3.63, 3.8) is 0 Å². The molecule has 1 aliphatic rings. The monoisotopic (exact) mass is 138 g/mol. The summed E-state index contributed by atoms with van der Waals surface area (Å²) in [5.41, 5.74) is 0.530. The fourth-order valence-electron chi connectivity index (χ4n) is 0.549. The Labute approximate surface area is 57.6 Å². The Morgan fingerprint density at radius 3 is 3.10 bits per heavy atom. The van der Waals surface area contributed by atoms with Crippen molar-refractivity contribution in [1.82, 2.24) is 5.32 Å². The molecule has 4 nitrogen and oxygen atoms in total. The third-order valence-corrected chi connectivity index (χ3v) is 0.925. The highest BCUT2D eigenvalue weighted by Crippen LogP contribution is 1.94. The van der Waals surface area contributed by atoms with Crippen LogP contribution in [0.3, 0.4) is 0 Å². The van der Waals surface area contributed by atoms with Crippen molar-refractivity contribution in [3.05, 3.63) is 24.0 Å². The molecular formula is C6H6N2O2. The second-order valence-electron chi connectivity index (χ2n) is 1.68. The fourth-order valence-corrected chi connectivity index (χ4v) is 0.549. The summed E-state index contributed by atoms with van der Waals surface area (Å²) in [6.45, 7) is 0. The van der Waals surface area contributed by atoms with Crippen molar-refractivity contribution in [1.29, 1.82) is 0 Å². The van der Waals surface area contributed by atoms with E-state index in [1.807, 2.05) is 0 Å². The van der Waals surface area contributed by atoms with Crippen molar-refractivity contribution in [3.8, 4) is 0 Å². The van der Waals surface area contributed by atoms with E-state index in [1.165, 1.54) is 12.5 Å². The molecule has 52 valence electrons. The molecule has 0 amide bonds. The number of rotatable bonds is 1. The van der Waals surface area contributed by atoms with Crippen LogP contribution in [0.5, 0.6) is 0 Å². The molecule has 4 heteroatoms. The Balaban J connectivity index is 2.67. The predicted octanol–water partition coefficient (Wildman–Crippen LogP) is 0.100. The van der Waals surface area contributed by atoms with Crippen LogP contribution >= 0.6 is 0 Å². The van der Waals surface area contributed by atoms with Gasteiger partial charge in [-0.3, -0.25) is 0 Å². The molecule has 1 heterocycles. The SMILES string of the molecule is O=C(O)/C=C1\C=CN=CN1. The summed E-state index contributed by atoms with van der Waals surface area (Å²) in [5.74, 6) is -0.970. The van der Waals surface area contributed by atoms with Crippen LogP contribution in [0.4, 0.5) is 0 Å². The molecule has 0 spiro atoms. The Bertz CT molecular complexity index is 228. The van der Waals surface area contributed by atoms with Gasteiger partial charge < -0.3 is 10.4 Å². The number of hydrogen-bond acceptors (Lipinski definition) is 3. The molecule has 0 saturated carbocycles. The van der Waals surface area contributed by atoms with Crippen LogP contribution in [0.15, 0.2) is 29.0 Å². The zero-order valence-corrected chi connectivity index (χ0v) is 5.11. The summed E-state index contributed by atoms with van der Waals surface area (Å²) >= 11 is 0. The first-order valence-electron chi connectivity index (χ1n) is 2.68. The van der Waals surface area contributed by atoms with E-state index in [2.05, 4.69) is 10.3 Å². The summed E-state index contributed by atoms with van der Waals surface area (Å²) in [7, 11) is 0. The molecule has 0 fully saturated rings. The van der Waals surface area contributed by atoms with E-state index in [9.17, 15) is 4.79 Å². The number of carbonyl (C=O) groups is 1. The van der Waals surface area contributed by atoms with Crippen LogP contribution in [0, 0.1) is 0 Å². The number of nitrogens with one attached hydrogen (secondary N) is 1. The van der Waals surface area contributed by atoms with Crippen molar-refractivity contribution in [2.75, 3.05) is 0 Å². The molecular weight excluding hydrogens is 132 g/mol. The number of nitrogens with zero attached hydrogens (tertiary/aromatic N) is 1. The smallest absolute Gasteiger partial charge is 0.330 e. The molecule has 0 aromatic carbocycles. The van der Waals surface area contributed by atoms with Gasteiger partial charge in [-0.05, 0) is 6.08 Å². The van der Waals surface area contributed by atoms with Gasteiger partial charge in [-0.2, -0.15) is 0 Å². The molecule has 2 N–H and O–H groups in total. The van der Waals surface area contributed by atoms with Crippen LogP contribution in [0.25, 0.3) is 0 Å². The lowest BCUT2D eigenvalue weighted by Crippen LogP contribution is -2.12. The zero-order chi connectivity index (χ0) is 7.40. The maximum Gasteiger partial charge on any atom is 0.330 e. The number of aliphatic carboxylic acids is 1. The van der Waals surface area contributed by atoms with Crippen molar-refractivity contribution >= 4 is 12.3 Å². The summed E-state index contributed by atoms with van der Waals surface area (Å²) < 4.78 is 0. The van der Waals surface area contributed by atoms with Gasteiger partial charge in [-0.1, -0.05) is 0 Å². The summed E-state index contributed by atoms with van der Waals surface area (Å²) in [5, 5.41) is 10.9. The van der Waals surface area contributed by atoms with Gasteiger partial charge in [-0.15, -0.1) is 0 Å². The van der Waals surface area contributed by atoms with Crippen LogP contribution < -0.4 is 5.32 Å². The van der Waals surface area contributed by atoms with Gasteiger partial charge in [0.2, 0.25) is 0 Å². The molecule has 0 aromatic heterocycles. The lowest BCUT2D eigenvalue weighted by atomic mass is 10.3. The maximum atomic E-state index is 10.1. The van der Waals surface area contributed by atoms with Crippen molar-refractivity contribution < 1.29 is 9.90 Å². The molecule has 0 saturated heterocycles. The topological polar surface area (TPSA) is 61.7 Å². The second kappa shape index (κ2) is 2.82. The first-order valence-corrected chi connectivity index (χ1v) is 2.68. The molecule has 10 heavy (non-hydrogen) atoms. The lowest BCUT2D eigenvalue weighted by molar-refractivity contribution is -0.131. The number of allylic oxidation sites excluding steroid dienone is 1. The number of carboxylic acids is 1. The van der Waals surface area contributed by atoms with E-state index >= 15 is 0 Å². The minimum Gasteiger partial charge on any atom is -0.478 e. The van der Waals surface area contributed by atoms with E-state index in [1.54, 1.807) is 6.08 Å². The summed E-state index contributed by atoms with van der Waals surface area (Å²) in [4.78, 5) is 13.8. The van der Waals surface area contributed by atoms with Gasteiger partial charge in [-0.25, -0.2) is 9.79 Å². The lowest BCUT2D eigenvalue weighted by Gasteiger charge is -2.01. The van der Waals surface area contributed by atoms with Gasteiger partial charge in [0, 0.05) is 18.0 Å². The maximum absolute atomic E-state index is 10.1. The number of carboxylic acid groups (broad SMARTS) is 1. The first kappa shape index (κ1) is 6.54. The Morgan fingerprint density at radius 1 is 1.80 bits per heavy atom. The zero-order valence-electron chi connectivity index (χ0n) is 5.11. The Kier molecular flexibility index (Phi) is 1.84. The number of hydrogen-bond donors (Lipinski definition) is 2. The second-order valence-corrected chi connectivity index (χ2v) is 1.68. The van der Waals surface area contributed by atoms with Gasteiger partial charge >= 0.3 is 5.97 Å². The van der Waals surface area contributed by atoms with Crippen LogP contribution in [-0.4, -0.2) is 17.4 Å². The minimum atomic E-state index is -0.970. The first-order chi connectivity index (χ1) is 4.79. The quantitative estimate of drug-likeness (QED) is 0.505. The van der Waals surface area contributed by atoms with Gasteiger partial charge in [0.05, 0.1) is 6.34 Å². The van der Waals surface area contributed by atoms with Crippen LogP contribution in [-0.2, 0) is 4.79 Å². The average molecular weight is 138 g/mol. The molecule has 0 aliphatic carbocycles. The normalized spacial score (nSPS) is 19.0. The highest BCUT2D eigenvalue weighted by Gasteiger charge is 1.95. The number of aliphatic imine (C=N–C) groups is 1. The molecule has 1 aliphatic heterocycles. The van der Waals surface area contributed by atoms with Crippen LogP contribution in [0.1, 0.15) is 0 Å². The average Bonchev–Trinajstić information content (AvgIpc) is 1.88. The highest BCUT2D eigenvalue weighted by molar-refractivity contribution is 5.82. The molecule has 0 radical (unpaired) electrons. The Hall–Kier alpha value is -1.58. The third-order valence-electron chi connectivity index (χ3n) is 0.925. The molecule has 1 rings (SSSR count). The van der Waals surface area contributed by atoms with E-state index in [0.717, 1.165) is 6.08 Å². The third kappa shape index (κ3) is 1.74. The molecule has 0 bridgehead atoms. The van der Waals surface area contributed by atoms with E-state index in [4.69, 9.17) is 5.11 Å². The minimum absolute atomic E-state index is 0.530. The van der Waals surface area contributed by atoms with Gasteiger partial charge in [0.25, 0.3) is 0 Å². The van der Waals surface area contributed by atoms with E-state index < -0.39 is 5.97 Å². The molecule has 0 atom stereocenters. The standard InChI is InChI=1S/C6H6N2O2/c9-6(10)3-5-1-2-7-4-8-5/h1-4H,(H,7,8)(H,9,10)/b5-3+. The summed E-state index contributed by atoms with van der Waals surface area (Å²) in [6, 6.07) is 0. The molecule has 0 aromatic rings. The fraction of sp³-hybridized carbons (Fsp3) is 0. The van der Waals surface area contributed by atoms with Crippen LogP contribution in [0.2, 0.25) is 0 Å². The van der Waals surface area contributed by atoms with E-state index in [0.29, 0.717) is 5.70 Å². The van der Waals surface area contributed by atoms with Gasteiger partial charge in [0.15, 0.2) is 0 Å². The highest BCUT2D eigenvalue weighted by atomic mass is 16.4. The van der Waals surface area contributed by atoms with Gasteiger partial charge in [0.1, 0.15) is 0 Å². The largest absolute Gasteiger partial charge is 0.478 e. The van der Waals surface area contributed by atoms with E-state index in [-0.39, 0.29) is 0 Å². The summed E-state index contributed by atoms with van der Waals surface area (Å²) in [6.07, 6.45) is 5.59. The van der Waals surface area contributed by atoms with Crippen molar-refractivity contribution in [2.24, 2.45) is 4.99 Å². The molecule has 0 unspecified atom stereocenters. The van der Waals surface area contributed by atoms with Crippen molar-refractivity contribution in [2.45, 2.75) is 0 Å². The predicted molar refractivity (Wildman–Crippen MR) is 36.5 cm³/mol.